The predicted octanol–water partition coefficient (Wildman–Crippen LogP) is 4.18. The number of nitrogens with zero attached hydrogens (tertiary/aromatic N) is 1. The molecule has 0 unspecified atom stereocenters. The van der Waals surface area contributed by atoms with Crippen LogP contribution >= 0.6 is 24.0 Å². The summed E-state index contributed by atoms with van der Waals surface area (Å²) < 4.78 is 28.2. The number of nitrogens with one attached hydrogen (secondary N) is 2. The topological polar surface area (TPSA) is 110 Å². The lowest BCUT2D eigenvalue weighted by atomic mass is 9.86. The second-order valence-corrected chi connectivity index (χ2v) is 9.74. The van der Waals surface area contributed by atoms with Crippen LogP contribution in [0, 0.1) is 5.92 Å². The van der Waals surface area contributed by atoms with Crippen LogP contribution in [0.4, 0.5) is 0 Å². The van der Waals surface area contributed by atoms with Gasteiger partial charge in [-0.15, -0.1) is 24.0 Å². The van der Waals surface area contributed by atoms with Crippen LogP contribution in [0.2, 0.25) is 0 Å². The smallest absolute Gasteiger partial charge is 0.238 e. The van der Waals surface area contributed by atoms with Crippen LogP contribution in [0.25, 0.3) is 0 Å². The van der Waals surface area contributed by atoms with Crippen LogP contribution < -0.4 is 15.8 Å². The Kier molecular flexibility index (Phi) is 11.5. The van der Waals surface area contributed by atoms with E-state index in [1.165, 1.54) is 50.7 Å². The second kappa shape index (κ2) is 13.8. The number of primary sulfonamides is 1. The number of halogens is 1. The molecule has 1 aliphatic rings. The summed E-state index contributed by atoms with van der Waals surface area (Å²) in [5.74, 6) is 2.56. The normalized spacial score (nSPS) is 15.2. The van der Waals surface area contributed by atoms with Crippen molar-refractivity contribution in [1.82, 2.24) is 10.6 Å². The first kappa shape index (κ1) is 26.7. The maximum atomic E-state index is 11.4. The molecule has 9 heteroatoms. The van der Waals surface area contributed by atoms with E-state index in [1.54, 1.807) is 18.4 Å². The van der Waals surface area contributed by atoms with Crippen molar-refractivity contribution in [2.24, 2.45) is 16.0 Å². The number of guanidine groups is 1. The number of sulfonamides is 1. The summed E-state index contributed by atoms with van der Waals surface area (Å²) in [6.07, 6.45) is 11.7. The number of hydrogen-bond donors (Lipinski definition) is 3. The number of nitrogens with two attached hydrogens (primary N) is 1. The highest BCUT2D eigenvalue weighted by Crippen LogP contribution is 2.26. The van der Waals surface area contributed by atoms with Crippen molar-refractivity contribution in [3.05, 3.63) is 54.0 Å². The third-order valence-electron chi connectivity index (χ3n) is 5.72. The third kappa shape index (κ3) is 9.50. The maximum absolute atomic E-state index is 11.4. The quantitative estimate of drug-likeness (QED) is 0.171. The summed E-state index contributed by atoms with van der Waals surface area (Å²) in [6.45, 7) is 2.05. The molecule has 1 fully saturated rings. The number of aliphatic imine (C=N–C) groups is 1. The number of furan rings is 1. The zero-order chi connectivity index (χ0) is 21.9. The first-order chi connectivity index (χ1) is 15.0. The van der Waals surface area contributed by atoms with E-state index in [1.807, 2.05) is 12.1 Å². The molecule has 1 aromatic carbocycles. The minimum absolute atomic E-state index is 0. The average Bonchev–Trinajstić information content (AvgIpc) is 3.28. The SMILES string of the molecule is I.NS(=O)(=O)c1ccc(CN=C(NCCCC2CCCCC2)NCCc2ccco2)cc1. The average molecular weight is 575 g/mol. The lowest BCUT2D eigenvalue weighted by Crippen LogP contribution is -2.39. The summed E-state index contributed by atoms with van der Waals surface area (Å²) in [4.78, 5) is 4.78. The number of rotatable bonds is 10. The van der Waals surface area contributed by atoms with E-state index in [4.69, 9.17) is 9.56 Å². The van der Waals surface area contributed by atoms with Gasteiger partial charge in [0, 0.05) is 19.5 Å². The second-order valence-electron chi connectivity index (χ2n) is 8.18. The van der Waals surface area contributed by atoms with Gasteiger partial charge in [-0.05, 0) is 48.6 Å². The first-order valence-electron chi connectivity index (χ1n) is 11.2. The van der Waals surface area contributed by atoms with Gasteiger partial charge in [-0.2, -0.15) is 0 Å². The molecule has 0 bridgehead atoms. The summed E-state index contributed by atoms with van der Waals surface area (Å²) in [6, 6.07) is 10.4. The Hall–Kier alpha value is -1.59. The molecule has 7 nitrogen and oxygen atoms in total. The molecule has 1 aliphatic carbocycles. The molecule has 32 heavy (non-hydrogen) atoms. The van der Waals surface area contributed by atoms with Gasteiger partial charge in [0.2, 0.25) is 10.0 Å². The van der Waals surface area contributed by atoms with E-state index in [-0.39, 0.29) is 28.9 Å². The minimum Gasteiger partial charge on any atom is -0.469 e. The summed E-state index contributed by atoms with van der Waals surface area (Å²) in [7, 11) is -3.68. The lowest BCUT2D eigenvalue weighted by Gasteiger charge is -2.21. The number of hydrogen-bond acceptors (Lipinski definition) is 4. The lowest BCUT2D eigenvalue weighted by molar-refractivity contribution is 0.332. The first-order valence-corrected chi connectivity index (χ1v) is 12.7. The van der Waals surface area contributed by atoms with E-state index in [9.17, 15) is 8.42 Å². The van der Waals surface area contributed by atoms with Gasteiger partial charge in [-0.25, -0.2) is 18.5 Å². The van der Waals surface area contributed by atoms with Gasteiger partial charge in [-0.3, -0.25) is 0 Å². The van der Waals surface area contributed by atoms with Crippen molar-refractivity contribution < 1.29 is 12.8 Å². The molecular formula is C23H35IN4O3S. The van der Waals surface area contributed by atoms with Gasteiger partial charge in [0.05, 0.1) is 17.7 Å². The molecule has 2 aromatic rings. The molecule has 1 heterocycles. The van der Waals surface area contributed by atoms with Crippen LogP contribution in [0.5, 0.6) is 0 Å². The highest BCUT2D eigenvalue weighted by molar-refractivity contribution is 14.0. The van der Waals surface area contributed by atoms with Gasteiger partial charge in [0.15, 0.2) is 5.96 Å². The van der Waals surface area contributed by atoms with Crippen LogP contribution in [0.15, 0.2) is 57.0 Å². The van der Waals surface area contributed by atoms with E-state index >= 15 is 0 Å². The summed E-state index contributed by atoms with van der Waals surface area (Å²) in [5, 5.41) is 12.0. The maximum Gasteiger partial charge on any atom is 0.238 e. The molecule has 0 aliphatic heterocycles. The molecule has 3 rings (SSSR count). The predicted molar refractivity (Wildman–Crippen MR) is 139 cm³/mol. The van der Waals surface area contributed by atoms with E-state index in [0.29, 0.717) is 13.1 Å². The molecule has 0 spiro atoms. The van der Waals surface area contributed by atoms with Gasteiger partial charge in [0.1, 0.15) is 5.76 Å². The Labute approximate surface area is 208 Å². The summed E-state index contributed by atoms with van der Waals surface area (Å²) >= 11 is 0. The standard InChI is InChI=1S/C23H34N4O3S.HI/c24-31(28,29)22-12-10-20(11-13-22)18-27-23(26-16-14-21-9-5-17-30-21)25-15-4-8-19-6-2-1-3-7-19;/h5,9-13,17,19H,1-4,6-8,14-16,18H2,(H2,24,28,29)(H2,25,26,27);1H. The molecule has 178 valence electrons. The van der Waals surface area contributed by atoms with Crippen molar-refractivity contribution in [3.63, 3.8) is 0 Å². The number of benzene rings is 1. The van der Waals surface area contributed by atoms with Gasteiger partial charge in [-0.1, -0.05) is 44.2 Å². The van der Waals surface area contributed by atoms with Crippen molar-refractivity contribution in [2.45, 2.75) is 62.8 Å². The van der Waals surface area contributed by atoms with Crippen LogP contribution in [-0.2, 0) is 23.0 Å². The zero-order valence-electron chi connectivity index (χ0n) is 18.5. The fourth-order valence-electron chi connectivity index (χ4n) is 3.96. The van der Waals surface area contributed by atoms with E-state index in [2.05, 4.69) is 15.6 Å². The molecule has 1 saturated carbocycles. The molecule has 0 atom stereocenters. The van der Waals surface area contributed by atoms with Crippen LogP contribution in [0.3, 0.4) is 0 Å². The Bertz CT molecular complexity index is 909. The summed E-state index contributed by atoms with van der Waals surface area (Å²) in [5.41, 5.74) is 0.918. The monoisotopic (exact) mass is 574 g/mol. The fraction of sp³-hybridized carbons (Fsp3) is 0.522. The Balaban J connectivity index is 0.00000363. The van der Waals surface area contributed by atoms with E-state index < -0.39 is 10.0 Å². The van der Waals surface area contributed by atoms with Crippen molar-refractivity contribution >= 4 is 40.0 Å². The van der Waals surface area contributed by atoms with Crippen molar-refractivity contribution in [3.8, 4) is 0 Å². The highest BCUT2D eigenvalue weighted by Gasteiger charge is 2.12. The largest absolute Gasteiger partial charge is 0.469 e. The van der Waals surface area contributed by atoms with Crippen LogP contribution in [0.1, 0.15) is 56.3 Å². The van der Waals surface area contributed by atoms with Gasteiger partial charge >= 0.3 is 0 Å². The zero-order valence-corrected chi connectivity index (χ0v) is 21.6. The Morgan fingerprint density at radius 1 is 1.06 bits per heavy atom. The third-order valence-corrected chi connectivity index (χ3v) is 6.65. The molecule has 0 radical (unpaired) electrons. The van der Waals surface area contributed by atoms with Crippen molar-refractivity contribution in [2.75, 3.05) is 13.1 Å². The Morgan fingerprint density at radius 2 is 1.78 bits per heavy atom. The van der Waals surface area contributed by atoms with Gasteiger partial charge < -0.3 is 15.1 Å². The minimum atomic E-state index is -3.68. The molecule has 0 saturated heterocycles. The van der Waals surface area contributed by atoms with E-state index in [0.717, 1.165) is 42.6 Å². The molecule has 0 amide bonds. The highest BCUT2D eigenvalue weighted by atomic mass is 127. The fourth-order valence-corrected chi connectivity index (χ4v) is 4.48. The molecular weight excluding hydrogens is 539 g/mol. The molecule has 4 N–H and O–H groups in total. The van der Waals surface area contributed by atoms with Crippen molar-refractivity contribution in [1.29, 1.82) is 0 Å². The Morgan fingerprint density at radius 3 is 2.44 bits per heavy atom. The molecule has 1 aromatic heterocycles. The van der Waals surface area contributed by atoms with Crippen LogP contribution in [-0.4, -0.2) is 27.5 Å². The van der Waals surface area contributed by atoms with Gasteiger partial charge in [0.25, 0.3) is 0 Å².